The molecule has 0 heterocycles. The van der Waals surface area contributed by atoms with Crippen molar-refractivity contribution < 1.29 is 24.2 Å². The molecule has 0 aromatic rings. The lowest BCUT2D eigenvalue weighted by atomic mass is 10.2. The van der Waals surface area contributed by atoms with Gasteiger partial charge in [0.15, 0.2) is 6.10 Å². The van der Waals surface area contributed by atoms with Crippen LogP contribution in [0.3, 0.4) is 0 Å². The molecule has 19 heavy (non-hydrogen) atoms. The Morgan fingerprint density at radius 1 is 1.21 bits per heavy atom. The van der Waals surface area contributed by atoms with Gasteiger partial charge in [0.25, 0.3) is 0 Å². The number of esters is 2. The highest BCUT2D eigenvalue weighted by molar-refractivity contribution is 6.76. The Bertz CT molecular complexity index is 296. The van der Waals surface area contributed by atoms with E-state index in [1.807, 2.05) is 0 Å². The molecular weight excluding hydrogens is 264 g/mol. The van der Waals surface area contributed by atoms with Crippen molar-refractivity contribution in [1.82, 2.24) is 0 Å². The van der Waals surface area contributed by atoms with Gasteiger partial charge in [-0.05, 0) is 20.3 Å². The van der Waals surface area contributed by atoms with Gasteiger partial charge in [-0.3, -0.25) is 4.79 Å². The SMILES string of the molecule is CC(C)OC(=O)C(O)CC(=O)OCCC[Si](C)(C)C. The van der Waals surface area contributed by atoms with Crippen LogP contribution in [0.1, 0.15) is 26.7 Å². The monoisotopic (exact) mass is 290 g/mol. The molecule has 0 aliphatic rings. The van der Waals surface area contributed by atoms with Crippen LogP contribution in [0.25, 0.3) is 0 Å². The molecule has 1 unspecified atom stereocenters. The van der Waals surface area contributed by atoms with Crippen molar-refractivity contribution in [3.8, 4) is 0 Å². The summed E-state index contributed by atoms with van der Waals surface area (Å²) in [6, 6.07) is 1.08. The fraction of sp³-hybridized carbons (Fsp3) is 0.846. The molecule has 0 saturated heterocycles. The lowest BCUT2D eigenvalue weighted by molar-refractivity contribution is -0.163. The maximum Gasteiger partial charge on any atom is 0.335 e. The quantitative estimate of drug-likeness (QED) is 0.420. The van der Waals surface area contributed by atoms with Crippen molar-refractivity contribution in [3.05, 3.63) is 0 Å². The second kappa shape index (κ2) is 8.32. The minimum atomic E-state index is -1.44. The maximum absolute atomic E-state index is 11.4. The predicted octanol–water partition coefficient (Wildman–Crippen LogP) is 1.96. The van der Waals surface area contributed by atoms with E-state index in [4.69, 9.17) is 9.47 Å². The first-order chi connectivity index (χ1) is 8.61. The summed E-state index contributed by atoms with van der Waals surface area (Å²) in [4.78, 5) is 22.7. The molecule has 0 radical (unpaired) electrons. The summed E-state index contributed by atoms with van der Waals surface area (Å²) in [7, 11) is -1.11. The Morgan fingerprint density at radius 3 is 2.26 bits per heavy atom. The highest BCUT2D eigenvalue weighted by Gasteiger charge is 2.22. The highest BCUT2D eigenvalue weighted by atomic mass is 28.3. The average molecular weight is 290 g/mol. The molecule has 5 nitrogen and oxygen atoms in total. The molecule has 0 spiro atoms. The number of hydrogen-bond acceptors (Lipinski definition) is 5. The molecule has 6 heteroatoms. The molecular formula is C13H26O5Si. The van der Waals surface area contributed by atoms with Crippen molar-refractivity contribution in [2.24, 2.45) is 0 Å². The van der Waals surface area contributed by atoms with E-state index in [1.165, 1.54) is 0 Å². The minimum absolute atomic E-state index is 0.310. The Balaban J connectivity index is 3.83. The number of ether oxygens (including phenoxy) is 2. The first-order valence-electron chi connectivity index (χ1n) is 6.66. The van der Waals surface area contributed by atoms with E-state index < -0.39 is 26.1 Å². The molecule has 0 aliphatic heterocycles. The second-order valence-electron chi connectivity index (χ2n) is 6.09. The summed E-state index contributed by atoms with van der Waals surface area (Å²) in [6.45, 7) is 10.5. The van der Waals surface area contributed by atoms with Gasteiger partial charge >= 0.3 is 11.9 Å². The Labute approximate surface area is 116 Å². The fourth-order valence-electron chi connectivity index (χ4n) is 1.40. The first kappa shape index (κ1) is 18.1. The third-order valence-electron chi connectivity index (χ3n) is 2.32. The molecule has 0 aromatic heterocycles. The van der Waals surface area contributed by atoms with E-state index in [1.54, 1.807) is 13.8 Å². The zero-order valence-corrected chi connectivity index (χ0v) is 13.6. The molecule has 1 N–H and O–H groups in total. The smallest absolute Gasteiger partial charge is 0.335 e. The van der Waals surface area contributed by atoms with E-state index in [9.17, 15) is 14.7 Å². The first-order valence-corrected chi connectivity index (χ1v) is 10.4. The summed E-state index contributed by atoms with van der Waals surface area (Å²) in [6.07, 6.45) is -1.27. The summed E-state index contributed by atoms with van der Waals surface area (Å²) in [5, 5.41) is 9.45. The predicted molar refractivity (Wildman–Crippen MR) is 75.6 cm³/mol. The third-order valence-corrected chi connectivity index (χ3v) is 4.17. The van der Waals surface area contributed by atoms with E-state index >= 15 is 0 Å². The van der Waals surface area contributed by atoms with Gasteiger partial charge in [-0.15, -0.1) is 0 Å². The lowest BCUT2D eigenvalue weighted by Crippen LogP contribution is -2.29. The summed E-state index contributed by atoms with van der Waals surface area (Å²) >= 11 is 0. The minimum Gasteiger partial charge on any atom is -0.466 e. The largest absolute Gasteiger partial charge is 0.466 e. The number of carbonyl (C=O) groups is 2. The molecule has 112 valence electrons. The van der Waals surface area contributed by atoms with Crippen LogP contribution in [0, 0.1) is 0 Å². The van der Waals surface area contributed by atoms with Crippen LogP contribution in [0.4, 0.5) is 0 Å². The highest BCUT2D eigenvalue weighted by Crippen LogP contribution is 2.11. The normalized spacial score (nSPS) is 13.2. The third kappa shape index (κ3) is 10.7. The van der Waals surface area contributed by atoms with E-state index in [-0.39, 0.29) is 12.5 Å². The Kier molecular flexibility index (Phi) is 7.93. The van der Waals surface area contributed by atoms with Gasteiger partial charge in [0.2, 0.25) is 0 Å². The van der Waals surface area contributed by atoms with Crippen LogP contribution in [0.15, 0.2) is 0 Å². The average Bonchev–Trinajstić information content (AvgIpc) is 2.22. The molecule has 0 aromatic carbocycles. The van der Waals surface area contributed by atoms with Crippen molar-refractivity contribution in [2.75, 3.05) is 6.61 Å². The number of carbonyl (C=O) groups excluding carboxylic acids is 2. The van der Waals surface area contributed by atoms with Crippen molar-refractivity contribution in [3.63, 3.8) is 0 Å². The summed E-state index contributed by atoms with van der Waals surface area (Å²) in [5.41, 5.74) is 0. The molecule has 0 amide bonds. The van der Waals surface area contributed by atoms with Gasteiger partial charge in [0.05, 0.1) is 19.1 Å². The van der Waals surface area contributed by atoms with Crippen LogP contribution < -0.4 is 0 Å². The van der Waals surface area contributed by atoms with Gasteiger partial charge in [0.1, 0.15) is 0 Å². The van der Waals surface area contributed by atoms with Crippen LogP contribution in [0.5, 0.6) is 0 Å². The molecule has 0 fully saturated rings. The molecule has 0 saturated carbocycles. The van der Waals surface area contributed by atoms with Crippen LogP contribution >= 0.6 is 0 Å². The lowest BCUT2D eigenvalue weighted by Gasteiger charge is -2.15. The topological polar surface area (TPSA) is 72.8 Å². The number of rotatable bonds is 8. The second-order valence-corrected chi connectivity index (χ2v) is 11.7. The molecule has 0 aliphatic carbocycles. The van der Waals surface area contributed by atoms with Gasteiger partial charge in [0, 0.05) is 8.07 Å². The molecule has 1 atom stereocenters. The van der Waals surface area contributed by atoms with E-state index in [0.29, 0.717) is 6.61 Å². The fourth-order valence-corrected chi connectivity index (χ4v) is 2.60. The van der Waals surface area contributed by atoms with Crippen molar-refractivity contribution in [1.29, 1.82) is 0 Å². The molecule has 0 bridgehead atoms. The van der Waals surface area contributed by atoms with Crippen LogP contribution in [-0.4, -0.2) is 43.9 Å². The zero-order valence-electron chi connectivity index (χ0n) is 12.6. The zero-order chi connectivity index (χ0) is 15.1. The van der Waals surface area contributed by atoms with Crippen molar-refractivity contribution in [2.45, 2.75) is 64.6 Å². The number of aliphatic hydroxyl groups is 1. The number of aliphatic hydroxyl groups excluding tert-OH is 1. The van der Waals surface area contributed by atoms with Gasteiger partial charge in [-0.2, -0.15) is 0 Å². The van der Waals surface area contributed by atoms with Gasteiger partial charge in [-0.25, -0.2) is 4.79 Å². The maximum atomic E-state index is 11.4. The van der Waals surface area contributed by atoms with Crippen LogP contribution in [-0.2, 0) is 19.1 Å². The van der Waals surface area contributed by atoms with E-state index in [2.05, 4.69) is 19.6 Å². The Morgan fingerprint density at radius 2 is 1.79 bits per heavy atom. The number of hydrogen-bond donors (Lipinski definition) is 1. The standard InChI is InChI=1S/C13H26O5Si/c1-10(2)18-13(16)11(14)9-12(15)17-7-6-8-19(3,4)5/h10-11,14H,6-9H2,1-5H3. The summed E-state index contributed by atoms with van der Waals surface area (Å²) in [5.74, 6) is -1.35. The van der Waals surface area contributed by atoms with E-state index in [0.717, 1.165) is 12.5 Å². The van der Waals surface area contributed by atoms with Gasteiger partial charge < -0.3 is 14.6 Å². The Hall–Kier alpha value is -0.883. The molecule has 0 rings (SSSR count). The van der Waals surface area contributed by atoms with Crippen LogP contribution in [0.2, 0.25) is 25.7 Å². The van der Waals surface area contributed by atoms with Crippen molar-refractivity contribution >= 4 is 20.0 Å². The van der Waals surface area contributed by atoms with Gasteiger partial charge in [-0.1, -0.05) is 25.7 Å². The summed E-state index contributed by atoms with van der Waals surface area (Å²) < 4.78 is 9.77.